The van der Waals surface area contributed by atoms with Crippen LogP contribution in [0.2, 0.25) is 0 Å². The number of hydrogen-bond acceptors (Lipinski definition) is 2. The molecule has 0 aliphatic rings. The molecule has 0 atom stereocenters. The lowest BCUT2D eigenvalue weighted by Crippen LogP contribution is -2.46. The van der Waals surface area contributed by atoms with Crippen LogP contribution in [0.4, 0.5) is 5.69 Å². The molecule has 154 valence electrons. The molecule has 0 radical (unpaired) electrons. The Morgan fingerprint density at radius 2 is 1.00 bits per heavy atom. The van der Waals surface area contributed by atoms with E-state index in [4.69, 9.17) is 4.84 Å². The van der Waals surface area contributed by atoms with Crippen LogP contribution in [0.3, 0.4) is 0 Å². The monoisotopic (exact) mass is 397 g/mol. The van der Waals surface area contributed by atoms with Gasteiger partial charge in [0.2, 0.25) is 0 Å². The minimum Gasteiger partial charge on any atom is -0.267 e. The fourth-order valence-electron chi connectivity index (χ4n) is 4.03. The van der Waals surface area contributed by atoms with E-state index in [2.05, 4.69) is 125 Å². The fraction of sp³-hybridized carbons (Fsp3) is 0.286. The molecule has 0 aliphatic heterocycles. The van der Waals surface area contributed by atoms with Gasteiger partial charge in [-0.15, -0.1) is 0 Å². The Kier molecular flexibility index (Phi) is 5.07. The highest BCUT2D eigenvalue weighted by Gasteiger charge is 2.31. The smallest absolute Gasteiger partial charge is 0.0879 e. The largest absolute Gasteiger partial charge is 0.267 e. The number of nitrogens with zero attached hydrogens (tertiary/aromatic N) is 1. The Hall–Kier alpha value is -2.84. The van der Waals surface area contributed by atoms with Crippen LogP contribution >= 0.6 is 0 Å². The number of hydroxylamine groups is 1. The SMILES string of the molecule is CC(C)(C)ON(c1c2ccccc2c(-c2ccccc2)c2ccccc12)C(C)(C)C. The van der Waals surface area contributed by atoms with Crippen molar-refractivity contribution in [3.63, 3.8) is 0 Å². The molecule has 0 fully saturated rings. The molecule has 0 N–H and O–H groups in total. The van der Waals surface area contributed by atoms with Crippen molar-refractivity contribution < 1.29 is 4.84 Å². The van der Waals surface area contributed by atoms with Gasteiger partial charge < -0.3 is 0 Å². The average Bonchev–Trinajstić information content (AvgIpc) is 2.69. The molecule has 0 unspecified atom stereocenters. The van der Waals surface area contributed by atoms with Gasteiger partial charge in [-0.05, 0) is 63.4 Å². The minimum absolute atomic E-state index is 0.215. The van der Waals surface area contributed by atoms with E-state index in [1.807, 2.05) is 0 Å². The van der Waals surface area contributed by atoms with E-state index in [1.54, 1.807) is 0 Å². The average molecular weight is 398 g/mol. The zero-order chi connectivity index (χ0) is 21.5. The first kappa shape index (κ1) is 20.4. The summed E-state index contributed by atoms with van der Waals surface area (Å²) in [6.45, 7) is 12.9. The Labute approximate surface area is 180 Å². The highest BCUT2D eigenvalue weighted by Crippen LogP contribution is 2.45. The third kappa shape index (κ3) is 3.80. The number of rotatable bonds is 3. The van der Waals surface area contributed by atoms with Crippen LogP contribution in [-0.2, 0) is 4.84 Å². The summed E-state index contributed by atoms with van der Waals surface area (Å²) in [6.07, 6.45) is 0. The van der Waals surface area contributed by atoms with Crippen molar-refractivity contribution in [3.05, 3.63) is 78.9 Å². The zero-order valence-electron chi connectivity index (χ0n) is 18.9. The first-order valence-corrected chi connectivity index (χ1v) is 10.6. The van der Waals surface area contributed by atoms with E-state index in [9.17, 15) is 0 Å². The van der Waals surface area contributed by atoms with Crippen molar-refractivity contribution in [3.8, 4) is 11.1 Å². The molecule has 0 heterocycles. The Bertz CT molecular complexity index is 1120. The number of anilines is 1. The Balaban J connectivity index is 2.16. The van der Waals surface area contributed by atoms with Gasteiger partial charge in [-0.3, -0.25) is 4.84 Å². The summed E-state index contributed by atoms with van der Waals surface area (Å²) >= 11 is 0. The van der Waals surface area contributed by atoms with Crippen molar-refractivity contribution >= 4 is 27.2 Å². The molecule has 0 aromatic heterocycles. The number of fused-ring (bicyclic) bond motifs is 2. The second kappa shape index (κ2) is 7.45. The van der Waals surface area contributed by atoms with Gasteiger partial charge in [0.1, 0.15) is 0 Å². The van der Waals surface area contributed by atoms with Crippen molar-refractivity contribution in [2.45, 2.75) is 52.7 Å². The molecule has 0 saturated heterocycles. The van der Waals surface area contributed by atoms with E-state index in [0.29, 0.717) is 0 Å². The van der Waals surface area contributed by atoms with Gasteiger partial charge in [0.25, 0.3) is 0 Å². The van der Waals surface area contributed by atoms with Gasteiger partial charge in [0.15, 0.2) is 0 Å². The van der Waals surface area contributed by atoms with Crippen molar-refractivity contribution in [1.82, 2.24) is 0 Å². The topological polar surface area (TPSA) is 12.5 Å². The highest BCUT2D eigenvalue weighted by atomic mass is 16.7. The van der Waals surface area contributed by atoms with Gasteiger partial charge in [0.05, 0.1) is 16.8 Å². The molecule has 2 nitrogen and oxygen atoms in total. The number of hydrogen-bond donors (Lipinski definition) is 0. The lowest BCUT2D eigenvalue weighted by Gasteiger charge is -2.42. The van der Waals surface area contributed by atoms with Crippen molar-refractivity contribution in [2.24, 2.45) is 0 Å². The third-order valence-corrected chi connectivity index (χ3v) is 5.14. The molecule has 0 aliphatic carbocycles. The molecule has 0 amide bonds. The van der Waals surface area contributed by atoms with E-state index < -0.39 is 0 Å². The van der Waals surface area contributed by atoms with Gasteiger partial charge in [-0.25, -0.2) is 5.06 Å². The molecule has 0 bridgehead atoms. The van der Waals surface area contributed by atoms with Crippen LogP contribution in [0.1, 0.15) is 41.5 Å². The van der Waals surface area contributed by atoms with Crippen LogP contribution in [0.15, 0.2) is 78.9 Å². The van der Waals surface area contributed by atoms with Crippen molar-refractivity contribution in [2.75, 3.05) is 5.06 Å². The molecule has 2 heteroatoms. The summed E-state index contributed by atoms with van der Waals surface area (Å²) in [6, 6.07) is 28.1. The predicted molar refractivity (Wildman–Crippen MR) is 130 cm³/mol. The van der Waals surface area contributed by atoms with Gasteiger partial charge in [-0.2, -0.15) is 0 Å². The number of benzene rings is 4. The summed E-state index contributed by atoms with van der Waals surface area (Å²) in [7, 11) is 0. The minimum atomic E-state index is -0.312. The molecule has 4 aromatic carbocycles. The maximum Gasteiger partial charge on any atom is 0.0879 e. The van der Waals surface area contributed by atoms with Crippen LogP contribution in [-0.4, -0.2) is 11.1 Å². The third-order valence-electron chi connectivity index (χ3n) is 5.14. The maximum atomic E-state index is 6.58. The maximum absolute atomic E-state index is 6.58. The molecule has 0 saturated carbocycles. The lowest BCUT2D eigenvalue weighted by molar-refractivity contribution is -0.0449. The van der Waals surface area contributed by atoms with E-state index in [1.165, 1.54) is 32.7 Å². The van der Waals surface area contributed by atoms with Crippen molar-refractivity contribution in [1.29, 1.82) is 0 Å². The summed E-state index contributed by atoms with van der Waals surface area (Å²) < 4.78 is 0. The first-order chi connectivity index (χ1) is 14.2. The van der Waals surface area contributed by atoms with Crippen LogP contribution < -0.4 is 5.06 Å². The van der Waals surface area contributed by atoms with Gasteiger partial charge in [0, 0.05) is 10.8 Å². The van der Waals surface area contributed by atoms with Gasteiger partial charge >= 0.3 is 0 Å². The summed E-state index contributed by atoms with van der Waals surface area (Å²) in [5.41, 5.74) is 3.11. The molecule has 4 rings (SSSR count). The molecule has 0 spiro atoms. The van der Waals surface area contributed by atoms with Gasteiger partial charge in [-0.1, -0.05) is 78.9 Å². The standard InChI is InChI=1S/C28H31NO/c1-27(2,3)29(30-28(4,5)6)26-23-18-12-10-16-21(23)25(20-14-8-7-9-15-20)22-17-11-13-19-24(22)26/h7-19H,1-6H3. The molecule has 30 heavy (non-hydrogen) atoms. The normalized spacial score (nSPS) is 12.5. The van der Waals surface area contributed by atoms with Crippen LogP contribution in [0.5, 0.6) is 0 Å². The molecule has 4 aromatic rings. The Morgan fingerprint density at radius 3 is 1.43 bits per heavy atom. The second-order valence-corrected chi connectivity index (χ2v) is 9.85. The highest BCUT2D eigenvalue weighted by molar-refractivity contribution is 6.20. The van der Waals surface area contributed by atoms with Crippen LogP contribution in [0.25, 0.3) is 32.7 Å². The van der Waals surface area contributed by atoms with Crippen LogP contribution in [0, 0.1) is 0 Å². The first-order valence-electron chi connectivity index (χ1n) is 10.6. The Morgan fingerprint density at radius 1 is 0.567 bits per heavy atom. The van der Waals surface area contributed by atoms with E-state index in [0.717, 1.165) is 5.69 Å². The van der Waals surface area contributed by atoms with E-state index >= 15 is 0 Å². The summed E-state index contributed by atoms with van der Waals surface area (Å²) in [5, 5.41) is 7.00. The summed E-state index contributed by atoms with van der Waals surface area (Å²) in [4.78, 5) is 6.58. The second-order valence-electron chi connectivity index (χ2n) is 9.85. The fourth-order valence-corrected chi connectivity index (χ4v) is 4.03. The lowest BCUT2D eigenvalue weighted by atomic mass is 9.90. The molecular formula is C28H31NO. The molecular weight excluding hydrogens is 366 g/mol. The quantitative estimate of drug-likeness (QED) is 0.256. The van der Waals surface area contributed by atoms with E-state index in [-0.39, 0.29) is 11.1 Å². The predicted octanol–water partition coefficient (Wildman–Crippen LogP) is 8.00. The summed E-state index contributed by atoms with van der Waals surface area (Å²) in [5.74, 6) is 0. The zero-order valence-corrected chi connectivity index (χ0v) is 18.9.